The van der Waals surface area contributed by atoms with Gasteiger partial charge in [-0.25, -0.2) is 0 Å². The van der Waals surface area contributed by atoms with E-state index in [1.165, 1.54) is 32.4 Å². The number of methoxy groups -OCH3 is 2. The normalized spacial score (nSPS) is 22.4. The average Bonchev–Trinajstić information content (AvgIpc) is 2.89. The van der Waals surface area contributed by atoms with Crippen LogP contribution in [-0.2, 0) is 0 Å². The smallest absolute Gasteiger partial charge is 0.202 e. The lowest BCUT2D eigenvalue weighted by Crippen LogP contribution is -2.37. The van der Waals surface area contributed by atoms with Crippen LogP contribution >= 0.6 is 0 Å². The Morgan fingerprint density at radius 3 is 2.25 bits per heavy atom. The molecule has 2 aliphatic rings. The van der Waals surface area contributed by atoms with Crippen LogP contribution in [-0.4, -0.2) is 59.2 Å². The van der Waals surface area contributed by atoms with Gasteiger partial charge < -0.3 is 44.1 Å². The zero-order valence-electron chi connectivity index (χ0n) is 19.4. The molecule has 10 heteroatoms. The second-order valence-electron chi connectivity index (χ2n) is 8.38. The van der Waals surface area contributed by atoms with Crippen LogP contribution in [0.15, 0.2) is 48.5 Å². The van der Waals surface area contributed by atoms with E-state index in [1.54, 1.807) is 30.3 Å². The molecule has 0 aliphatic carbocycles. The number of hydrogen-bond donors (Lipinski definition) is 4. The molecule has 188 valence electrons. The third kappa shape index (κ3) is 3.90. The van der Waals surface area contributed by atoms with Gasteiger partial charge in [-0.15, -0.1) is 0 Å². The van der Waals surface area contributed by atoms with Crippen molar-refractivity contribution in [3.05, 3.63) is 65.2 Å². The molecule has 0 spiro atoms. The second kappa shape index (κ2) is 9.14. The summed E-state index contributed by atoms with van der Waals surface area (Å²) in [6.45, 7) is -0.370. The second-order valence-corrected chi connectivity index (χ2v) is 8.38. The zero-order valence-corrected chi connectivity index (χ0v) is 19.4. The van der Waals surface area contributed by atoms with Crippen LogP contribution in [0.25, 0.3) is 0 Å². The first-order valence-corrected chi connectivity index (χ1v) is 11.1. The Morgan fingerprint density at radius 1 is 0.806 bits per heavy atom. The number of Topliss-reactive ketones (excluding diaryl/α,β-unsaturated/α-hetero) is 1. The molecule has 3 aromatic carbocycles. The van der Waals surface area contributed by atoms with Gasteiger partial charge in [0.15, 0.2) is 47.4 Å². The predicted molar refractivity (Wildman–Crippen MR) is 124 cm³/mol. The fraction of sp³-hybridized carbons (Fsp3) is 0.269. The molecule has 5 rings (SSSR count). The Bertz CT molecular complexity index is 1320. The molecule has 2 aliphatic heterocycles. The first-order chi connectivity index (χ1) is 17.3. The third-order valence-electron chi connectivity index (χ3n) is 6.22. The summed E-state index contributed by atoms with van der Waals surface area (Å²) in [4.78, 5) is 12.8. The number of phenolic OH excluding ortho intramolecular Hbond substituents is 2. The van der Waals surface area contributed by atoms with E-state index < -0.39 is 30.2 Å². The van der Waals surface area contributed by atoms with Crippen molar-refractivity contribution in [2.45, 2.75) is 24.4 Å². The van der Waals surface area contributed by atoms with E-state index in [2.05, 4.69) is 0 Å². The fourth-order valence-electron chi connectivity index (χ4n) is 4.39. The maximum atomic E-state index is 12.8. The van der Waals surface area contributed by atoms with Crippen molar-refractivity contribution >= 4 is 5.78 Å². The first-order valence-electron chi connectivity index (χ1n) is 11.1. The lowest BCUT2D eigenvalue weighted by atomic mass is 9.92. The molecule has 0 saturated heterocycles. The molecule has 3 aromatic rings. The van der Waals surface area contributed by atoms with Crippen LogP contribution in [0.3, 0.4) is 0 Å². The summed E-state index contributed by atoms with van der Waals surface area (Å²) < 4.78 is 28.3. The lowest BCUT2D eigenvalue weighted by Gasteiger charge is -2.35. The summed E-state index contributed by atoms with van der Waals surface area (Å²) in [6.07, 6.45) is -4.15. The first kappa shape index (κ1) is 23.6. The number of hydrogen-bond acceptors (Lipinski definition) is 10. The van der Waals surface area contributed by atoms with Crippen LogP contribution in [0.4, 0.5) is 0 Å². The molecule has 0 saturated carbocycles. The largest absolute Gasteiger partial charge is 0.507 e. The van der Waals surface area contributed by atoms with Crippen molar-refractivity contribution < 1.29 is 48.9 Å². The number of ketones is 1. The Balaban J connectivity index is 1.46. The summed E-state index contributed by atoms with van der Waals surface area (Å²) in [6, 6.07) is 12.3. The number of ether oxygens (including phenoxy) is 5. The summed E-state index contributed by atoms with van der Waals surface area (Å²) in [5.41, 5.74) is 0.928. The van der Waals surface area contributed by atoms with E-state index in [0.717, 1.165) is 0 Å². The molecule has 0 unspecified atom stereocenters. The molecule has 36 heavy (non-hydrogen) atoms. The number of aliphatic hydroxyl groups is 2. The van der Waals surface area contributed by atoms with Gasteiger partial charge in [-0.1, -0.05) is 12.1 Å². The molecule has 4 N–H and O–H groups in total. The number of fused-ring (bicyclic) bond motifs is 2. The van der Waals surface area contributed by atoms with Crippen molar-refractivity contribution in [2.24, 2.45) is 0 Å². The molecule has 0 fully saturated rings. The summed E-state index contributed by atoms with van der Waals surface area (Å²) in [5, 5.41) is 40.8. The van der Waals surface area contributed by atoms with Gasteiger partial charge in [0.05, 0.1) is 20.8 Å². The Labute approximate surface area is 205 Å². The minimum Gasteiger partial charge on any atom is -0.507 e. The van der Waals surface area contributed by atoms with Crippen molar-refractivity contribution in [1.29, 1.82) is 0 Å². The van der Waals surface area contributed by atoms with Gasteiger partial charge >= 0.3 is 0 Å². The SMILES string of the molecule is COc1cc(O)c2c(c1)O[C@H](c1ccc3c(c1)O[C@H](CO)[C@@H](c1ccc(O)c(OC)c1)O3)[C@@H](O)C2=O. The van der Waals surface area contributed by atoms with Crippen molar-refractivity contribution in [3.8, 4) is 40.2 Å². The Hall–Kier alpha value is -4.15. The van der Waals surface area contributed by atoms with Crippen LogP contribution in [0.5, 0.6) is 40.2 Å². The van der Waals surface area contributed by atoms with Crippen molar-refractivity contribution in [3.63, 3.8) is 0 Å². The lowest BCUT2D eigenvalue weighted by molar-refractivity contribution is -0.0130. The molecule has 0 radical (unpaired) electrons. The summed E-state index contributed by atoms with van der Waals surface area (Å²) in [5.74, 6) is 0.216. The van der Waals surface area contributed by atoms with Gasteiger partial charge in [-0.3, -0.25) is 4.79 Å². The van der Waals surface area contributed by atoms with Crippen LogP contribution < -0.4 is 23.7 Å². The molecule has 2 heterocycles. The molecule has 10 nitrogen and oxygen atoms in total. The van der Waals surface area contributed by atoms with Crippen molar-refractivity contribution in [1.82, 2.24) is 0 Å². The molecule has 0 bridgehead atoms. The van der Waals surface area contributed by atoms with E-state index in [-0.39, 0.29) is 40.9 Å². The number of aromatic hydroxyl groups is 2. The minimum absolute atomic E-state index is 0.0309. The van der Waals surface area contributed by atoms with Gasteiger partial charge in [0, 0.05) is 17.7 Å². The van der Waals surface area contributed by atoms with Crippen LogP contribution in [0, 0.1) is 0 Å². The number of carbonyl (C=O) groups is 1. The highest BCUT2D eigenvalue weighted by molar-refractivity contribution is 6.05. The average molecular weight is 496 g/mol. The van der Waals surface area contributed by atoms with E-state index in [9.17, 15) is 25.2 Å². The van der Waals surface area contributed by atoms with Gasteiger partial charge in [0.25, 0.3) is 0 Å². The molecule has 4 atom stereocenters. The predicted octanol–water partition coefficient (Wildman–Crippen LogP) is 2.67. The number of aliphatic hydroxyl groups excluding tert-OH is 2. The fourth-order valence-corrected chi connectivity index (χ4v) is 4.39. The maximum Gasteiger partial charge on any atom is 0.202 e. The summed E-state index contributed by atoms with van der Waals surface area (Å²) >= 11 is 0. The molecular formula is C26H24O10. The minimum atomic E-state index is -1.58. The quantitative estimate of drug-likeness (QED) is 0.416. The zero-order chi connectivity index (χ0) is 25.6. The molecule has 0 amide bonds. The number of benzene rings is 3. The Morgan fingerprint density at radius 2 is 1.53 bits per heavy atom. The third-order valence-corrected chi connectivity index (χ3v) is 6.22. The van der Waals surface area contributed by atoms with E-state index in [1.807, 2.05) is 0 Å². The number of phenols is 2. The number of rotatable bonds is 5. The molecular weight excluding hydrogens is 472 g/mol. The van der Waals surface area contributed by atoms with Gasteiger partial charge in [-0.05, 0) is 29.8 Å². The topological polar surface area (TPSA) is 144 Å². The Kier molecular flexibility index (Phi) is 5.99. The summed E-state index contributed by atoms with van der Waals surface area (Å²) in [7, 11) is 2.85. The van der Waals surface area contributed by atoms with Crippen LogP contribution in [0.2, 0.25) is 0 Å². The van der Waals surface area contributed by atoms with E-state index >= 15 is 0 Å². The highest BCUT2D eigenvalue weighted by atomic mass is 16.6. The number of carbonyl (C=O) groups excluding carboxylic acids is 1. The van der Waals surface area contributed by atoms with Gasteiger partial charge in [-0.2, -0.15) is 0 Å². The standard InChI is InChI=1S/C26H24O10/c1-32-14-9-16(29)22-20(10-14)36-26(24(31)23(22)30)13-4-6-17-19(8-13)34-21(11-27)25(35-17)12-3-5-15(28)18(7-12)33-2/h3-10,21,24-29,31H,11H2,1-2H3/t21-,24+,25-,26-/m1/s1. The highest BCUT2D eigenvalue weighted by Gasteiger charge is 2.40. The van der Waals surface area contributed by atoms with Crippen molar-refractivity contribution in [2.75, 3.05) is 20.8 Å². The van der Waals surface area contributed by atoms with Gasteiger partial charge in [0.2, 0.25) is 5.78 Å². The highest BCUT2D eigenvalue weighted by Crippen LogP contribution is 2.46. The molecule has 0 aromatic heterocycles. The van der Waals surface area contributed by atoms with E-state index in [4.69, 9.17) is 23.7 Å². The van der Waals surface area contributed by atoms with Crippen LogP contribution in [0.1, 0.15) is 33.7 Å². The monoisotopic (exact) mass is 496 g/mol. The maximum absolute atomic E-state index is 12.8. The van der Waals surface area contributed by atoms with Gasteiger partial charge in [0.1, 0.15) is 22.8 Å². The van der Waals surface area contributed by atoms with E-state index in [0.29, 0.717) is 22.6 Å².